The molecule has 0 N–H and O–H groups in total. The van der Waals surface area contributed by atoms with Gasteiger partial charge in [-0.25, -0.2) is 0 Å². The Morgan fingerprint density at radius 3 is 2.00 bits per heavy atom. The summed E-state index contributed by atoms with van der Waals surface area (Å²) in [6, 6.07) is 22.2. The number of anilines is 3. The maximum absolute atomic E-state index is 14.2. The van der Waals surface area contributed by atoms with E-state index >= 15 is 0 Å². The van der Waals surface area contributed by atoms with Crippen molar-refractivity contribution in [2.45, 2.75) is 57.0 Å². The smallest absolute Gasteiger partial charge is 0.261 e. The molecule has 56 heavy (non-hydrogen) atoms. The van der Waals surface area contributed by atoms with Gasteiger partial charge < -0.3 is 28.7 Å². The number of benzene rings is 4. The molecule has 288 valence electrons. The van der Waals surface area contributed by atoms with E-state index in [0.29, 0.717) is 78.1 Å². The summed E-state index contributed by atoms with van der Waals surface area (Å²) in [5.41, 5.74) is 5.72. The molecule has 0 unspecified atom stereocenters. The summed E-state index contributed by atoms with van der Waals surface area (Å²) in [5.74, 6) is 1.24. The number of carbonyl (C=O) groups is 4. The van der Waals surface area contributed by atoms with Crippen LogP contribution in [0.2, 0.25) is 0 Å². The highest BCUT2D eigenvalue weighted by Crippen LogP contribution is 2.44. The second-order valence-electron chi connectivity index (χ2n) is 14.2. The highest BCUT2D eigenvalue weighted by atomic mass is 127. The molecule has 12 nitrogen and oxygen atoms in total. The van der Waals surface area contributed by atoms with Gasteiger partial charge in [-0.15, -0.1) is 0 Å². The molecule has 0 radical (unpaired) electrons. The Morgan fingerprint density at radius 2 is 1.32 bits per heavy atom. The normalized spacial score (nSPS) is 17.5. The SMILES string of the molecule is COc1cc2c(cc1OCCCCCOc1cc3c(cc1OC)C(=O)N1c4ccccc4C[C@H]1CN3C(=O)CCC(=O)I)N=C[C@@H]1Cc3ccccc3N1C2=O. The van der Waals surface area contributed by atoms with Gasteiger partial charge >= 0.3 is 0 Å². The highest BCUT2D eigenvalue weighted by molar-refractivity contribution is 14.1. The number of carbonyl (C=O) groups excluding carboxylic acids is 4. The van der Waals surface area contributed by atoms with Crippen molar-refractivity contribution in [3.05, 3.63) is 95.1 Å². The third kappa shape index (κ3) is 7.08. The van der Waals surface area contributed by atoms with Gasteiger partial charge in [0.1, 0.15) is 0 Å². The van der Waals surface area contributed by atoms with Crippen molar-refractivity contribution in [3.8, 4) is 23.0 Å². The molecule has 0 saturated heterocycles. The predicted octanol–water partition coefficient (Wildman–Crippen LogP) is 7.28. The summed E-state index contributed by atoms with van der Waals surface area (Å²) in [4.78, 5) is 63.3. The van der Waals surface area contributed by atoms with E-state index in [2.05, 4.69) is 0 Å². The number of aliphatic imine (C=N–C) groups is 1. The van der Waals surface area contributed by atoms with Crippen molar-refractivity contribution < 1.29 is 38.1 Å². The highest BCUT2D eigenvalue weighted by Gasteiger charge is 2.42. The summed E-state index contributed by atoms with van der Waals surface area (Å²) in [6.07, 6.45) is 5.54. The summed E-state index contributed by atoms with van der Waals surface area (Å²) >= 11 is 1.70. The Hall–Kier alpha value is -5.44. The number of rotatable bonds is 13. The number of para-hydroxylation sites is 2. The zero-order valence-corrected chi connectivity index (χ0v) is 33.3. The van der Waals surface area contributed by atoms with Crippen LogP contribution in [0.15, 0.2) is 77.8 Å². The molecule has 4 heterocycles. The number of hydrogen-bond acceptors (Lipinski definition) is 9. The Labute approximate surface area is 338 Å². The van der Waals surface area contributed by atoms with E-state index < -0.39 is 0 Å². The zero-order chi connectivity index (χ0) is 38.9. The van der Waals surface area contributed by atoms with Crippen molar-refractivity contribution in [3.63, 3.8) is 0 Å². The van der Waals surface area contributed by atoms with Crippen molar-refractivity contribution in [1.82, 2.24) is 0 Å². The summed E-state index contributed by atoms with van der Waals surface area (Å²) in [6.45, 7) is 1.07. The first-order valence-electron chi connectivity index (χ1n) is 18.8. The first kappa shape index (κ1) is 37.5. The van der Waals surface area contributed by atoms with E-state index in [1.807, 2.05) is 54.7 Å². The van der Waals surface area contributed by atoms with Gasteiger partial charge in [0.2, 0.25) is 5.91 Å². The number of fused-ring (bicyclic) bond motifs is 8. The van der Waals surface area contributed by atoms with Crippen molar-refractivity contribution in [2.75, 3.05) is 48.7 Å². The molecule has 4 aliphatic rings. The van der Waals surface area contributed by atoms with Crippen molar-refractivity contribution >= 4 is 73.1 Å². The Bertz CT molecular complexity index is 2260. The summed E-state index contributed by atoms with van der Waals surface area (Å²) < 4.78 is 23.6. The lowest BCUT2D eigenvalue weighted by Gasteiger charge is -2.27. The molecule has 0 spiro atoms. The van der Waals surface area contributed by atoms with Gasteiger partial charge in [0, 0.05) is 55.5 Å². The van der Waals surface area contributed by atoms with E-state index in [-0.39, 0.29) is 46.4 Å². The first-order valence-corrected chi connectivity index (χ1v) is 19.9. The maximum Gasteiger partial charge on any atom is 0.261 e. The molecule has 8 rings (SSSR count). The fraction of sp³-hybridized carbons (Fsp3) is 0.326. The third-order valence-electron chi connectivity index (χ3n) is 10.8. The molecule has 13 heteroatoms. The lowest BCUT2D eigenvalue weighted by molar-refractivity contribution is -0.120. The fourth-order valence-electron chi connectivity index (χ4n) is 8.05. The predicted molar refractivity (Wildman–Crippen MR) is 221 cm³/mol. The molecule has 0 bridgehead atoms. The van der Waals surface area contributed by atoms with Crippen LogP contribution >= 0.6 is 22.6 Å². The monoisotopic (exact) mass is 868 g/mol. The zero-order valence-electron chi connectivity index (χ0n) is 31.2. The summed E-state index contributed by atoms with van der Waals surface area (Å²) in [7, 11) is 3.08. The molecule has 3 amide bonds. The van der Waals surface area contributed by atoms with Gasteiger partial charge in [0.15, 0.2) is 26.8 Å². The van der Waals surface area contributed by atoms with Crippen LogP contribution < -0.4 is 33.6 Å². The van der Waals surface area contributed by atoms with Gasteiger partial charge in [0.05, 0.1) is 62.0 Å². The average Bonchev–Trinajstić information content (AvgIpc) is 3.70. The molecule has 4 aliphatic heterocycles. The maximum atomic E-state index is 14.2. The molecule has 0 saturated carbocycles. The average molecular weight is 869 g/mol. The van der Waals surface area contributed by atoms with Gasteiger partial charge in [-0.2, -0.15) is 0 Å². The van der Waals surface area contributed by atoms with Crippen LogP contribution in [0, 0.1) is 0 Å². The largest absolute Gasteiger partial charge is 0.493 e. The minimum atomic E-state index is -0.249. The number of nitrogens with zero attached hydrogens (tertiary/aromatic N) is 4. The molecule has 0 aromatic heterocycles. The first-order chi connectivity index (χ1) is 27.2. The third-order valence-corrected chi connectivity index (χ3v) is 11.3. The number of hydrogen-bond donors (Lipinski definition) is 0. The minimum absolute atomic E-state index is 0.0378. The van der Waals surface area contributed by atoms with Crippen molar-refractivity contribution in [2.24, 2.45) is 4.99 Å². The molecule has 4 aromatic rings. The van der Waals surface area contributed by atoms with E-state index in [4.69, 9.17) is 23.9 Å². The number of ether oxygens (including phenoxy) is 4. The van der Waals surface area contributed by atoms with Crippen LogP contribution in [-0.2, 0) is 22.4 Å². The minimum Gasteiger partial charge on any atom is -0.493 e. The molecule has 2 atom stereocenters. The molecule has 0 aliphatic carbocycles. The second kappa shape index (κ2) is 16.0. The number of amides is 3. The number of halogens is 1. The van der Waals surface area contributed by atoms with Crippen LogP contribution in [-0.4, -0.2) is 73.8 Å². The molecular formula is C43H41IN4O8. The van der Waals surface area contributed by atoms with Crippen LogP contribution in [0.4, 0.5) is 22.7 Å². The van der Waals surface area contributed by atoms with Crippen LogP contribution in [0.25, 0.3) is 0 Å². The second-order valence-corrected chi connectivity index (χ2v) is 15.4. The molecule has 4 aromatic carbocycles. The molecule has 0 fully saturated rings. The van der Waals surface area contributed by atoms with Gasteiger partial charge in [-0.05, 0) is 83.7 Å². The summed E-state index contributed by atoms with van der Waals surface area (Å²) in [5, 5.41) is 0. The van der Waals surface area contributed by atoms with Gasteiger partial charge in [-0.3, -0.25) is 29.1 Å². The van der Waals surface area contributed by atoms with Crippen LogP contribution in [0.3, 0.4) is 0 Å². The van der Waals surface area contributed by atoms with Gasteiger partial charge in [-0.1, -0.05) is 36.4 Å². The van der Waals surface area contributed by atoms with Crippen molar-refractivity contribution in [1.29, 1.82) is 0 Å². The standard InChI is InChI=1S/C43H41IN4O8/c1-53-36-20-30-32(45-24-28-18-26-10-4-6-12-33(26)47(28)42(30)51)22-38(36)55-16-8-3-9-17-56-39-23-35-31(21-37(39)54-2)43(52)48-29(19-27-11-5-7-13-34(27)48)25-46(35)41(50)15-14-40(44)49/h4-7,10-13,20-24,28-29H,3,8-9,14-19,25H2,1-2H3/t28-,29-/m0/s1. The fourth-order valence-corrected chi connectivity index (χ4v) is 8.32. The Morgan fingerprint density at radius 1 is 0.714 bits per heavy atom. The number of unbranched alkanes of at least 4 members (excludes halogenated alkanes) is 2. The topological polar surface area (TPSA) is 127 Å². The Kier molecular flexibility index (Phi) is 10.7. The van der Waals surface area contributed by atoms with Gasteiger partial charge in [0.25, 0.3) is 11.8 Å². The quantitative estimate of drug-likeness (QED) is 0.0780. The van der Waals surface area contributed by atoms with E-state index in [9.17, 15) is 19.2 Å². The number of methoxy groups -OCH3 is 2. The Balaban J connectivity index is 0.917. The van der Waals surface area contributed by atoms with Crippen LogP contribution in [0.1, 0.15) is 63.9 Å². The lowest BCUT2D eigenvalue weighted by Crippen LogP contribution is -2.44. The van der Waals surface area contributed by atoms with E-state index in [1.165, 1.54) is 7.11 Å². The van der Waals surface area contributed by atoms with E-state index in [0.717, 1.165) is 41.8 Å². The van der Waals surface area contributed by atoms with Crippen LogP contribution in [0.5, 0.6) is 23.0 Å². The lowest BCUT2D eigenvalue weighted by atomic mass is 10.1. The van der Waals surface area contributed by atoms with E-state index in [1.54, 1.807) is 68.7 Å². The molecular weight excluding hydrogens is 827 g/mol.